The molecule has 3 aromatic rings. The highest BCUT2D eigenvalue weighted by Gasteiger charge is 2.07. The van der Waals surface area contributed by atoms with Gasteiger partial charge in [-0.15, -0.1) is 0 Å². The second-order valence-corrected chi connectivity index (χ2v) is 6.53. The number of hydrogen-bond acceptors (Lipinski definition) is 3. The van der Waals surface area contributed by atoms with Crippen LogP contribution in [0.5, 0.6) is 0 Å². The maximum atomic E-state index is 12.5. The van der Waals surface area contributed by atoms with Gasteiger partial charge in [-0.1, -0.05) is 73.7 Å². The van der Waals surface area contributed by atoms with Crippen LogP contribution in [-0.4, -0.2) is 17.5 Å². The lowest BCUT2D eigenvalue weighted by molar-refractivity contribution is -0.115. The Morgan fingerprint density at radius 2 is 1.47 bits per heavy atom. The van der Waals surface area contributed by atoms with Crippen LogP contribution in [-0.2, 0) is 4.79 Å². The number of carbonyl (C=O) groups excluding carboxylic acids is 2. The first-order chi connectivity index (χ1) is 14.7. The summed E-state index contributed by atoms with van der Waals surface area (Å²) in [5, 5.41) is 7.08. The summed E-state index contributed by atoms with van der Waals surface area (Å²) in [5.41, 5.74) is 6.29. The van der Waals surface area contributed by atoms with Crippen LogP contribution in [0.2, 0.25) is 0 Å². The number of hydrogen-bond donors (Lipinski definition) is 2. The number of carbonyl (C=O) groups is 2. The molecule has 3 aromatic carbocycles. The summed E-state index contributed by atoms with van der Waals surface area (Å²) in [7, 11) is 0. The van der Waals surface area contributed by atoms with Crippen molar-refractivity contribution >= 4 is 29.3 Å². The van der Waals surface area contributed by atoms with Crippen molar-refractivity contribution in [3.8, 4) is 0 Å². The van der Waals surface area contributed by atoms with Crippen molar-refractivity contribution in [3.63, 3.8) is 0 Å². The van der Waals surface area contributed by atoms with E-state index in [1.54, 1.807) is 31.2 Å². The minimum atomic E-state index is -0.329. The summed E-state index contributed by atoms with van der Waals surface area (Å²) in [6.45, 7) is 1.78. The zero-order chi connectivity index (χ0) is 21.2. The van der Waals surface area contributed by atoms with Crippen LogP contribution in [0, 0.1) is 0 Å². The van der Waals surface area contributed by atoms with Gasteiger partial charge in [0.25, 0.3) is 5.91 Å². The topological polar surface area (TPSA) is 70.6 Å². The van der Waals surface area contributed by atoms with E-state index >= 15 is 0 Å². The summed E-state index contributed by atoms with van der Waals surface area (Å²) < 4.78 is 0. The molecular weight excluding hydrogens is 374 g/mol. The van der Waals surface area contributed by atoms with Crippen LogP contribution in [0.3, 0.4) is 0 Å². The summed E-state index contributed by atoms with van der Waals surface area (Å²) in [6, 6.07) is 26.2. The minimum absolute atomic E-state index is 0.0745. The van der Waals surface area contributed by atoms with Gasteiger partial charge in [-0.25, -0.2) is 5.43 Å². The molecule has 0 aromatic heterocycles. The molecule has 150 valence electrons. The average molecular weight is 397 g/mol. The van der Waals surface area contributed by atoms with Gasteiger partial charge in [0.05, 0.1) is 5.71 Å². The Balaban J connectivity index is 1.75. The molecule has 0 radical (unpaired) electrons. The van der Waals surface area contributed by atoms with E-state index in [-0.39, 0.29) is 11.8 Å². The van der Waals surface area contributed by atoms with Gasteiger partial charge in [0.2, 0.25) is 5.91 Å². The van der Waals surface area contributed by atoms with E-state index in [2.05, 4.69) is 15.8 Å². The normalized spacial score (nSPS) is 11.3. The smallest absolute Gasteiger partial charge is 0.271 e. The summed E-state index contributed by atoms with van der Waals surface area (Å²) >= 11 is 0. The lowest BCUT2D eigenvalue weighted by atomic mass is 10.1. The van der Waals surface area contributed by atoms with E-state index in [1.165, 1.54) is 0 Å². The maximum Gasteiger partial charge on any atom is 0.271 e. The van der Waals surface area contributed by atoms with Crippen molar-refractivity contribution < 1.29 is 9.59 Å². The molecule has 3 rings (SSSR count). The van der Waals surface area contributed by atoms with Gasteiger partial charge in [-0.2, -0.15) is 5.10 Å². The standard InChI is InChI=1S/C25H23N3O2/c1-2-24(29)26-22-16-14-21(15-17-22)25(30)28-27-23(20-11-7-4-8-12-20)18-13-19-9-5-3-6-10-19/h3-18H,2H2,1H3,(H,26,29)(H,28,30)/b18-13+,27-23?. The van der Waals surface area contributed by atoms with Crippen molar-refractivity contribution in [2.45, 2.75) is 13.3 Å². The third-order valence-electron chi connectivity index (χ3n) is 4.33. The van der Waals surface area contributed by atoms with Gasteiger partial charge in [0.1, 0.15) is 0 Å². The fraction of sp³-hybridized carbons (Fsp3) is 0.0800. The van der Waals surface area contributed by atoms with Crippen LogP contribution in [0.25, 0.3) is 6.08 Å². The number of rotatable bonds is 7. The molecule has 0 atom stereocenters. The van der Waals surface area contributed by atoms with E-state index in [4.69, 9.17) is 0 Å². The molecule has 30 heavy (non-hydrogen) atoms. The Hall–Kier alpha value is -3.99. The molecule has 0 aliphatic carbocycles. The van der Waals surface area contributed by atoms with E-state index < -0.39 is 0 Å². The highest BCUT2D eigenvalue weighted by atomic mass is 16.2. The van der Waals surface area contributed by atoms with Crippen molar-refractivity contribution in [2.75, 3.05) is 5.32 Å². The number of anilines is 1. The molecule has 0 aliphatic heterocycles. The van der Waals surface area contributed by atoms with Gasteiger partial charge >= 0.3 is 0 Å². The number of allylic oxidation sites excluding steroid dienone is 1. The summed E-state index contributed by atoms with van der Waals surface area (Å²) in [4.78, 5) is 24.0. The highest BCUT2D eigenvalue weighted by Crippen LogP contribution is 2.11. The van der Waals surface area contributed by atoms with Gasteiger partial charge < -0.3 is 5.32 Å². The molecule has 0 aliphatic rings. The number of nitrogens with one attached hydrogen (secondary N) is 2. The van der Waals surface area contributed by atoms with Crippen molar-refractivity contribution in [1.29, 1.82) is 0 Å². The van der Waals surface area contributed by atoms with Crippen LogP contribution in [0.1, 0.15) is 34.8 Å². The fourth-order valence-electron chi connectivity index (χ4n) is 2.68. The van der Waals surface area contributed by atoms with Gasteiger partial charge in [-0.3, -0.25) is 9.59 Å². The van der Waals surface area contributed by atoms with Crippen LogP contribution in [0.4, 0.5) is 5.69 Å². The van der Waals surface area contributed by atoms with E-state index in [0.717, 1.165) is 11.1 Å². The molecule has 5 heteroatoms. The van der Waals surface area contributed by atoms with Gasteiger partial charge in [-0.05, 0) is 35.9 Å². The number of hydrazone groups is 1. The van der Waals surface area contributed by atoms with Gasteiger partial charge in [0.15, 0.2) is 0 Å². The maximum absolute atomic E-state index is 12.5. The van der Waals surface area contributed by atoms with Crippen molar-refractivity contribution in [1.82, 2.24) is 5.43 Å². The van der Waals surface area contributed by atoms with E-state index in [0.29, 0.717) is 23.4 Å². The Labute approximate surface area is 176 Å². The predicted molar refractivity (Wildman–Crippen MR) is 121 cm³/mol. The quantitative estimate of drug-likeness (QED) is 0.440. The summed E-state index contributed by atoms with van der Waals surface area (Å²) in [5.74, 6) is -0.403. The molecule has 0 heterocycles. The van der Waals surface area contributed by atoms with E-state index in [1.807, 2.05) is 72.8 Å². The average Bonchev–Trinajstić information content (AvgIpc) is 2.80. The molecule has 2 N–H and O–H groups in total. The monoisotopic (exact) mass is 397 g/mol. The first-order valence-corrected chi connectivity index (χ1v) is 9.72. The third kappa shape index (κ3) is 6.01. The summed E-state index contributed by atoms with van der Waals surface area (Å²) in [6.07, 6.45) is 4.22. The molecule has 0 saturated heterocycles. The lowest BCUT2D eigenvalue weighted by Crippen LogP contribution is -2.19. The Morgan fingerprint density at radius 3 is 2.10 bits per heavy atom. The van der Waals surface area contributed by atoms with Crippen molar-refractivity contribution in [2.24, 2.45) is 5.10 Å². The van der Waals surface area contributed by atoms with Crippen LogP contribution >= 0.6 is 0 Å². The Kier molecular flexibility index (Phi) is 7.28. The van der Waals surface area contributed by atoms with Crippen molar-refractivity contribution in [3.05, 3.63) is 108 Å². The first-order valence-electron chi connectivity index (χ1n) is 9.72. The molecule has 0 unspecified atom stereocenters. The lowest BCUT2D eigenvalue weighted by Gasteiger charge is -2.06. The largest absolute Gasteiger partial charge is 0.326 e. The third-order valence-corrected chi connectivity index (χ3v) is 4.33. The molecule has 0 fully saturated rings. The molecule has 2 amide bonds. The molecule has 5 nitrogen and oxygen atoms in total. The number of benzene rings is 3. The highest BCUT2D eigenvalue weighted by molar-refractivity contribution is 6.11. The van der Waals surface area contributed by atoms with Gasteiger partial charge in [0, 0.05) is 23.2 Å². The molecular formula is C25H23N3O2. The Bertz CT molecular complexity index is 1040. The fourth-order valence-corrected chi connectivity index (χ4v) is 2.68. The SMILES string of the molecule is CCC(=O)Nc1ccc(C(=O)NN=C(/C=C/c2ccccc2)c2ccccc2)cc1. The molecule has 0 saturated carbocycles. The number of nitrogens with zero attached hydrogens (tertiary/aromatic N) is 1. The molecule has 0 spiro atoms. The second-order valence-electron chi connectivity index (χ2n) is 6.53. The molecule has 0 bridgehead atoms. The zero-order valence-corrected chi connectivity index (χ0v) is 16.7. The van der Waals surface area contributed by atoms with E-state index in [9.17, 15) is 9.59 Å². The Morgan fingerprint density at radius 1 is 0.833 bits per heavy atom. The second kappa shape index (κ2) is 10.5. The minimum Gasteiger partial charge on any atom is -0.326 e. The predicted octanol–water partition coefficient (Wildman–Crippen LogP) is 4.88. The number of amides is 2. The first kappa shape index (κ1) is 20.7. The van der Waals surface area contributed by atoms with Crippen LogP contribution < -0.4 is 10.7 Å². The van der Waals surface area contributed by atoms with Crippen LogP contribution in [0.15, 0.2) is 96.1 Å². The zero-order valence-electron chi connectivity index (χ0n) is 16.7.